The van der Waals surface area contributed by atoms with Crippen molar-refractivity contribution in [3.8, 4) is 0 Å². The molecule has 2 aliphatic rings. The van der Waals surface area contributed by atoms with Gasteiger partial charge < -0.3 is 10.2 Å². The molecule has 0 aromatic rings. The van der Waals surface area contributed by atoms with Crippen LogP contribution >= 0.6 is 0 Å². The van der Waals surface area contributed by atoms with E-state index in [1.165, 1.54) is 37.0 Å². The number of rotatable bonds is 4. The fraction of sp³-hybridized carbons (Fsp3) is 0.875. The van der Waals surface area contributed by atoms with Crippen molar-refractivity contribution in [1.29, 1.82) is 0 Å². The molecule has 0 aromatic heterocycles. The van der Waals surface area contributed by atoms with Crippen molar-refractivity contribution in [2.75, 3.05) is 19.6 Å². The lowest BCUT2D eigenvalue weighted by Gasteiger charge is -2.38. The molecule has 2 fully saturated rings. The number of hydrogen-bond acceptors (Lipinski definition) is 2. The van der Waals surface area contributed by atoms with Gasteiger partial charge in [0.1, 0.15) is 0 Å². The summed E-state index contributed by atoms with van der Waals surface area (Å²) in [6.07, 6.45) is 7.53. The van der Waals surface area contributed by atoms with Gasteiger partial charge in [-0.25, -0.2) is 4.79 Å². The number of amides is 3. The molecule has 1 saturated heterocycles. The number of carbonyl (C=O) groups excluding carboxylic acids is 2. The van der Waals surface area contributed by atoms with E-state index in [-0.39, 0.29) is 18.0 Å². The first kappa shape index (κ1) is 16.3. The number of likely N-dealkylation sites (tertiary alicyclic amines) is 1. The summed E-state index contributed by atoms with van der Waals surface area (Å²) in [4.78, 5) is 24.9. The van der Waals surface area contributed by atoms with Gasteiger partial charge in [0, 0.05) is 12.0 Å². The molecule has 2 rings (SSSR count). The third-order valence-corrected chi connectivity index (χ3v) is 5.14. The van der Waals surface area contributed by atoms with Crippen LogP contribution < -0.4 is 15.5 Å². The summed E-state index contributed by atoms with van der Waals surface area (Å²) >= 11 is 0. The van der Waals surface area contributed by atoms with E-state index in [4.69, 9.17) is 0 Å². The number of carbonyl (C=O) groups is 2. The van der Waals surface area contributed by atoms with Crippen LogP contribution in [0.3, 0.4) is 0 Å². The monoisotopic (exact) mass is 296 g/mol. The molecular weight excluding hydrogens is 266 g/mol. The summed E-state index contributed by atoms with van der Waals surface area (Å²) in [6, 6.07) is -0.260. The lowest BCUT2D eigenvalue weighted by molar-refractivity contribution is -0.902. The third kappa shape index (κ3) is 4.99. The molecule has 0 radical (unpaired) electrons. The number of imide groups is 1. The Labute approximate surface area is 127 Å². The normalized spacial score (nSPS) is 30.1. The second-order valence-corrected chi connectivity index (χ2v) is 6.81. The molecule has 1 aliphatic carbocycles. The number of hydrogen-bond donors (Lipinski definition) is 3. The summed E-state index contributed by atoms with van der Waals surface area (Å²) in [7, 11) is 0. The molecule has 3 N–H and O–H groups in total. The minimum Gasteiger partial charge on any atom is -0.335 e. The fourth-order valence-electron chi connectivity index (χ4n) is 3.72. The molecule has 1 heterocycles. The average molecular weight is 296 g/mol. The van der Waals surface area contributed by atoms with Crippen LogP contribution in [-0.2, 0) is 4.79 Å². The van der Waals surface area contributed by atoms with Gasteiger partial charge in [0.2, 0.25) is 0 Å². The Bertz CT molecular complexity index is 373. The molecule has 21 heavy (non-hydrogen) atoms. The van der Waals surface area contributed by atoms with Gasteiger partial charge in [0.25, 0.3) is 5.91 Å². The topological polar surface area (TPSA) is 62.6 Å². The van der Waals surface area contributed by atoms with E-state index in [9.17, 15) is 9.59 Å². The van der Waals surface area contributed by atoms with Crippen LogP contribution in [0, 0.1) is 11.8 Å². The maximum absolute atomic E-state index is 12.0. The molecule has 5 nitrogen and oxygen atoms in total. The van der Waals surface area contributed by atoms with Crippen LogP contribution in [0.1, 0.15) is 52.4 Å². The van der Waals surface area contributed by atoms with E-state index in [1.807, 2.05) is 13.8 Å². The quantitative estimate of drug-likeness (QED) is 0.715. The van der Waals surface area contributed by atoms with Gasteiger partial charge in [-0.2, -0.15) is 0 Å². The first-order valence-electron chi connectivity index (χ1n) is 8.52. The highest BCUT2D eigenvalue weighted by molar-refractivity contribution is 5.94. The van der Waals surface area contributed by atoms with E-state index in [0.29, 0.717) is 6.54 Å². The zero-order valence-corrected chi connectivity index (χ0v) is 13.4. The van der Waals surface area contributed by atoms with Gasteiger partial charge in [-0.15, -0.1) is 0 Å². The number of nitrogens with one attached hydrogen (secondary N) is 3. The molecule has 1 aliphatic heterocycles. The third-order valence-electron chi connectivity index (χ3n) is 5.14. The largest absolute Gasteiger partial charge is 0.335 e. The Morgan fingerprint density at radius 3 is 2.62 bits per heavy atom. The van der Waals surface area contributed by atoms with Crippen LogP contribution in [0.2, 0.25) is 0 Å². The van der Waals surface area contributed by atoms with E-state index >= 15 is 0 Å². The second-order valence-electron chi connectivity index (χ2n) is 6.81. The van der Waals surface area contributed by atoms with E-state index in [1.54, 1.807) is 0 Å². The van der Waals surface area contributed by atoms with Gasteiger partial charge in [-0.3, -0.25) is 10.1 Å². The number of quaternary nitrogens is 1. The van der Waals surface area contributed by atoms with Gasteiger partial charge in [0.15, 0.2) is 6.54 Å². The maximum atomic E-state index is 12.0. The summed E-state index contributed by atoms with van der Waals surface area (Å²) in [5, 5.41) is 5.22. The minimum atomic E-state index is -0.360. The van der Waals surface area contributed by atoms with Gasteiger partial charge in [-0.05, 0) is 38.5 Å². The summed E-state index contributed by atoms with van der Waals surface area (Å²) in [6.45, 7) is 6.54. The smallest absolute Gasteiger partial charge is 0.321 e. The Morgan fingerprint density at radius 1 is 1.19 bits per heavy atom. The SMILES string of the molecule is CC[C@H](C)NC(=O)NC(=O)C[NH+]1CC[C@@H]2CCCC[C@@H]2C1. The molecule has 0 aromatic carbocycles. The predicted molar refractivity (Wildman–Crippen MR) is 82.1 cm³/mol. The Hall–Kier alpha value is -1.10. The lowest BCUT2D eigenvalue weighted by Crippen LogP contribution is -3.15. The highest BCUT2D eigenvalue weighted by Gasteiger charge is 2.34. The van der Waals surface area contributed by atoms with E-state index in [0.717, 1.165) is 31.3 Å². The minimum absolute atomic E-state index is 0.100. The van der Waals surface area contributed by atoms with Crippen molar-refractivity contribution >= 4 is 11.9 Å². The molecular formula is C16H30N3O2+. The van der Waals surface area contributed by atoms with Crippen LogP contribution in [0.4, 0.5) is 4.79 Å². The predicted octanol–water partition coefficient (Wildman–Crippen LogP) is 0.706. The van der Waals surface area contributed by atoms with Crippen molar-refractivity contribution in [2.24, 2.45) is 11.8 Å². The Morgan fingerprint density at radius 2 is 1.90 bits per heavy atom. The number of urea groups is 1. The maximum Gasteiger partial charge on any atom is 0.321 e. The molecule has 4 atom stereocenters. The highest BCUT2D eigenvalue weighted by Crippen LogP contribution is 2.32. The van der Waals surface area contributed by atoms with Crippen LogP contribution in [0.15, 0.2) is 0 Å². The molecule has 0 spiro atoms. The van der Waals surface area contributed by atoms with Crippen molar-refractivity contribution in [2.45, 2.75) is 58.4 Å². The summed E-state index contributed by atoms with van der Waals surface area (Å²) in [5.74, 6) is 1.53. The Balaban J connectivity index is 1.71. The average Bonchev–Trinajstić information content (AvgIpc) is 2.46. The van der Waals surface area contributed by atoms with Gasteiger partial charge in [-0.1, -0.05) is 19.8 Å². The summed E-state index contributed by atoms with van der Waals surface area (Å²) in [5.41, 5.74) is 0. The van der Waals surface area contributed by atoms with E-state index in [2.05, 4.69) is 10.6 Å². The lowest BCUT2D eigenvalue weighted by atomic mass is 9.75. The van der Waals surface area contributed by atoms with Gasteiger partial charge in [0.05, 0.1) is 13.1 Å². The summed E-state index contributed by atoms with van der Waals surface area (Å²) < 4.78 is 0. The highest BCUT2D eigenvalue weighted by atomic mass is 16.2. The standard InChI is InChI=1S/C16H29N3O2/c1-3-12(2)17-16(21)18-15(20)11-19-9-8-13-6-4-5-7-14(13)10-19/h12-14H,3-11H2,1-2H3,(H2,17,18,20,21)/p+1/t12-,13-,14+/m0/s1. The van der Waals surface area contributed by atoms with Crippen molar-refractivity contribution in [3.63, 3.8) is 0 Å². The van der Waals surface area contributed by atoms with E-state index < -0.39 is 0 Å². The molecule has 0 bridgehead atoms. The second kappa shape index (κ2) is 7.78. The van der Waals surface area contributed by atoms with Gasteiger partial charge >= 0.3 is 6.03 Å². The van der Waals surface area contributed by atoms with Crippen LogP contribution in [-0.4, -0.2) is 37.6 Å². The number of fused-ring (bicyclic) bond motifs is 1. The molecule has 3 amide bonds. The van der Waals surface area contributed by atoms with Crippen LogP contribution in [0.25, 0.3) is 0 Å². The fourth-order valence-corrected chi connectivity index (χ4v) is 3.72. The van der Waals surface area contributed by atoms with Crippen molar-refractivity contribution in [1.82, 2.24) is 10.6 Å². The molecule has 5 heteroatoms. The Kier molecular flexibility index (Phi) is 6.03. The first-order chi connectivity index (χ1) is 10.1. The zero-order valence-electron chi connectivity index (χ0n) is 13.4. The van der Waals surface area contributed by atoms with Crippen molar-refractivity contribution < 1.29 is 14.5 Å². The molecule has 120 valence electrons. The zero-order chi connectivity index (χ0) is 15.2. The molecule has 1 unspecified atom stereocenters. The van der Waals surface area contributed by atoms with Crippen molar-refractivity contribution in [3.05, 3.63) is 0 Å². The van der Waals surface area contributed by atoms with Crippen LogP contribution in [0.5, 0.6) is 0 Å². The first-order valence-corrected chi connectivity index (χ1v) is 8.52. The molecule has 1 saturated carbocycles. The number of piperidine rings is 1.